The third-order valence-electron chi connectivity index (χ3n) is 5.73. The summed E-state index contributed by atoms with van der Waals surface area (Å²) in [7, 11) is -6.77. The van der Waals surface area contributed by atoms with Crippen molar-refractivity contribution in [3.8, 4) is 0 Å². The maximum atomic E-state index is 12.5. The van der Waals surface area contributed by atoms with E-state index >= 15 is 0 Å². The van der Waals surface area contributed by atoms with Crippen molar-refractivity contribution in [2.75, 3.05) is 38.2 Å². The number of benzene rings is 1. The van der Waals surface area contributed by atoms with E-state index in [1.165, 1.54) is 21.7 Å². The summed E-state index contributed by atoms with van der Waals surface area (Å²) in [6.45, 7) is 3.94. The molecule has 1 aromatic rings. The standard InChI is InChI=1S/C19H31N3O4S2/c1-3-14-28(25,26)20-10-13-22(27(2,23)24)17-9-12-21-11-8-16-6-4-5-7-18(16)19(21)15-17/h4-7,17,19-20H,3,8-15H2,1-2H3/t17-,19+/m0/s1. The van der Waals surface area contributed by atoms with E-state index in [0.29, 0.717) is 6.42 Å². The number of hydrogen-bond donors (Lipinski definition) is 1. The number of nitrogens with one attached hydrogen (secondary N) is 1. The molecule has 2 heterocycles. The Bertz CT molecular complexity index is 886. The zero-order chi connectivity index (χ0) is 20.4. The Morgan fingerprint density at radius 2 is 1.93 bits per heavy atom. The number of sulfonamides is 2. The molecule has 2 aliphatic rings. The van der Waals surface area contributed by atoms with Gasteiger partial charge in [0.05, 0.1) is 12.0 Å². The summed E-state index contributed by atoms with van der Waals surface area (Å²) in [4.78, 5) is 2.45. The fourth-order valence-corrected chi connectivity index (χ4v) is 6.71. The van der Waals surface area contributed by atoms with Crippen molar-refractivity contribution in [1.29, 1.82) is 0 Å². The Morgan fingerprint density at radius 1 is 1.18 bits per heavy atom. The van der Waals surface area contributed by atoms with E-state index in [2.05, 4.69) is 27.8 Å². The second-order valence-electron chi connectivity index (χ2n) is 7.77. The number of nitrogens with zero attached hydrogens (tertiary/aromatic N) is 2. The first kappa shape index (κ1) is 21.7. The molecule has 0 aromatic heterocycles. The second kappa shape index (κ2) is 8.79. The van der Waals surface area contributed by atoms with Crippen LogP contribution in [0.3, 0.4) is 0 Å². The first-order valence-electron chi connectivity index (χ1n) is 9.97. The van der Waals surface area contributed by atoms with E-state index in [1.54, 1.807) is 6.92 Å². The average Bonchev–Trinajstić information content (AvgIpc) is 2.63. The summed E-state index contributed by atoms with van der Waals surface area (Å²) >= 11 is 0. The lowest BCUT2D eigenvalue weighted by Crippen LogP contribution is -2.51. The molecule has 2 aliphatic heterocycles. The minimum atomic E-state index is -3.43. The summed E-state index contributed by atoms with van der Waals surface area (Å²) in [6.07, 6.45) is 4.30. The molecule has 158 valence electrons. The van der Waals surface area contributed by atoms with Gasteiger partial charge in [-0.1, -0.05) is 31.2 Å². The lowest BCUT2D eigenvalue weighted by molar-refractivity contribution is 0.0913. The summed E-state index contributed by atoms with van der Waals surface area (Å²) in [6, 6.07) is 8.52. The summed E-state index contributed by atoms with van der Waals surface area (Å²) < 4.78 is 52.7. The van der Waals surface area contributed by atoms with Gasteiger partial charge in [-0.15, -0.1) is 0 Å². The zero-order valence-electron chi connectivity index (χ0n) is 16.7. The van der Waals surface area contributed by atoms with Crippen LogP contribution in [0.15, 0.2) is 24.3 Å². The second-order valence-corrected chi connectivity index (χ2v) is 11.6. The van der Waals surface area contributed by atoms with Crippen LogP contribution < -0.4 is 4.72 Å². The fraction of sp³-hybridized carbons (Fsp3) is 0.684. The minimum absolute atomic E-state index is 0.0587. The maximum absolute atomic E-state index is 12.5. The summed E-state index contributed by atoms with van der Waals surface area (Å²) in [5.74, 6) is 0.0587. The fourth-order valence-electron chi connectivity index (χ4n) is 4.47. The van der Waals surface area contributed by atoms with Crippen LogP contribution in [0.4, 0.5) is 0 Å². The molecule has 0 amide bonds. The predicted molar refractivity (Wildman–Crippen MR) is 111 cm³/mol. The molecule has 0 aliphatic carbocycles. The van der Waals surface area contributed by atoms with Gasteiger partial charge in [0.25, 0.3) is 0 Å². The molecule has 1 N–H and O–H groups in total. The molecule has 0 spiro atoms. The van der Waals surface area contributed by atoms with Gasteiger partial charge in [-0.2, -0.15) is 4.31 Å². The highest BCUT2D eigenvalue weighted by Gasteiger charge is 2.37. The van der Waals surface area contributed by atoms with E-state index < -0.39 is 20.0 Å². The first-order chi connectivity index (χ1) is 13.2. The van der Waals surface area contributed by atoms with E-state index in [1.807, 2.05) is 6.07 Å². The normalized spacial score (nSPS) is 23.4. The van der Waals surface area contributed by atoms with Crippen LogP contribution in [0.25, 0.3) is 0 Å². The first-order valence-corrected chi connectivity index (χ1v) is 13.5. The quantitative estimate of drug-likeness (QED) is 0.674. The molecule has 0 radical (unpaired) electrons. The minimum Gasteiger partial charge on any atom is -0.296 e. The highest BCUT2D eigenvalue weighted by molar-refractivity contribution is 7.89. The lowest BCUT2D eigenvalue weighted by Gasteiger charge is -2.45. The van der Waals surface area contributed by atoms with E-state index in [0.717, 1.165) is 32.4 Å². The van der Waals surface area contributed by atoms with Gasteiger partial charge in [-0.25, -0.2) is 21.6 Å². The summed E-state index contributed by atoms with van der Waals surface area (Å²) in [5, 5.41) is 0. The van der Waals surface area contributed by atoms with Gasteiger partial charge in [0.2, 0.25) is 20.0 Å². The third kappa shape index (κ3) is 5.13. The van der Waals surface area contributed by atoms with Gasteiger partial charge in [0, 0.05) is 38.3 Å². The molecule has 28 heavy (non-hydrogen) atoms. The molecular weight excluding hydrogens is 398 g/mol. The van der Waals surface area contributed by atoms with Crippen LogP contribution in [0.2, 0.25) is 0 Å². The Kier molecular flexibility index (Phi) is 6.81. The number of piperidine rings is 1. The maximum Gasteiger partial charge on any atom is 0.211 e. The smallest absolute Gasteiger partial charge is 0.211 e. The lowest BCUT2D eigenvalue weighted by atomic mass is 9.85. The van der Waals surface area contributed by atoms with Gasteiger partial charge in [-0.05, 0) is 36.8 Å². The van der Waals surface area contributed by atoms with Crippen LogP contribution in [0.5, 0.6) is 0 Å². The Balaban J connectivity index is 1.72. The van der Waals surface area contributed by atoms with Crippen molar-refractivity contribution in [2.45, 2.75) is 44.7 Å². The number of rotatable bonds is 8. The van der Waals surface area contributed by atoms with Crippen molar-refractivity contribution < 1.29 is 16.8 Å². The number of hydrogen-bond acceptors (Lipinski definition) is 5. The molecule has 0 bridgehead atoms. The van der Waals surface area contributed by atoms with Crippen LogP contribution in [0.1, 0.15) is 43.4 Å². The van der Waals surface area contributed by atoms with E-state index in [9.17, 15) is 16.8 Å². The molecule has 2 atom stereocenters. The molecule has 1 saturated heterocycles. The highest BCUT2D eigenvalue weighted by atomic mass is 32.2. The van der Waals surface area contributed by atoms with E-state index in [4.69, 9.17) is 0 Å². The van der Waals surface area contributed by atoms with Gasteiger partial charge in [0.1, 0.15) is 0 Å². The number of fused-ring (bicyclic) bond motifs is 3. The van der Waals surface area contributed by atoms with Crippen molar-refractivity contribution in [3.05, 3.63) is 35.4 Å². The average molecular weight is 430 g/mol. The zero-order valence-corrected chi connectivity index (χ0v) is 18.3. The Labute approximate surface area is 169 Å². The van der Waals surface area contributed by atoms with Gasteiger partial charge >= 0.3 is 0 Å². The van der Waals surface area contributed by atoms with Crippen LogP contribution >= 0.6 is 0 Å². The molecule has 9 heteroatoms. The predicted octanol–water partition coefficient (Wildman–Crippen LogP) is 1.34. The molecule has 7 nitrogen and oxygen atoms in total. The van der Waals surface area contributed by atoms with Crippen molar-refractivity contribution >= 4 is 20.0 Å². The van der Waals surface area contributed by atoms with Gasteiger partial charge < -0.3 is 0 Å². The highest BCUT2D eigenvalue weighted by Crippen LogP contribution is 2.38. The van der Waals surface area contributed by atoms with Crippen molar-refractivity contribution in [3.63, 3.8) is 0 Å². The monoisotopic (exact) mass is 429 g/mol. The van der Waals surface area contributed by atoms with Crippen LogP contribution in [0, 0.1) is 0 Å². The Morgan fingerprint density at radius 3 is 2.64 bits per heavy atom. The van der Waals surface area contributed by atoms with Crippen molar-refractivity contribution in [1.82, 2.24) is 13.9 Å². The summed E-state index contributed by atoms with van der Waals surface area (Å²) in [5.41, 5.74) is 2.65. The molecule has 0 saturated carbocycles. The van der Waals surface area contributed by atoms with Crippen LogP contribution in [-0.4, -0.2) is 70.3 Å². The Hall–Kier alpha value is -1.00. The van der Waals surface area contributed by atoms with E-state index in [-0.39, 0.29) is 30.9 Å². The molecular formula is C19H31N3O4S2. The van der Waals surface area contributed by atoms with Crippen LogP contribution in [-0.2, 0) is 26.5 Å². The molecule has 1 aromatic carbocycles. The largest absolute Gasteiger partial charge is 0.296 e. The molecule has 3 rings (SSSR count). The molecule has 1 fully saturated rings. The van der Waals surface area contributed by atoms with Gasteiger partial charge in [0.15, 0.2) is 0 Å². The van der Waals surface area contributed by atoms with Gasteiger partial charge in [-0.3, -0.25) is 4.90 Å². The topological polar surface area (TPSA) is 86.8 Å². The van der Waals surface area contributed by atoms with Crippen molar-refractivity contribution in [2.24, 2.45) is 0 Å². The third-order valence-corrected chi connectivity index (χ3v) is 8.65. The molecule has 0 unspecified atom stereocenters. The SMILES string of the molecule is CCCS(=O)(=O)NCCN([C@H]1CCN2CCc3ccccc3[C@H]2C1)S(C)(=O)=O.